The van der Waals surface area contributed by atoms with Crippen molar-refractivity contribution >= 4 is 10.8 Å². The second kappa shape index (κ2) is 4.61. The molecule has 3 rings (SSSR count). The molecule has 0 unspecified atom stereocenters. The summed E-state index contributed by atoms with van der Waals surface area (Å²) in [4.78, 5) is 4.24. The fourth-order valence-electron chi connectivity index (χ4n) is 2.09. The first-order valence-electron chi connectivity index (χ1n) is 6.01. The quantitative estimate of drug-likeness (QED) is 0.756. The molecule has 0 atom stereocenters. The third kappa shape index (κ3) is 2.10. The van der Waals surface area contributed by atoms with E-state index in [9.17, 15) is 5.11 Å². The average molecular weight is 251 g/mol. The third-order valence-electron chi connectivity index (χ3n) is 3.11. The van der Waals surface area contributed by atoms with Gasteiger partial charge in [-0.25, -0.2) is 4.98 Å². The fourth-order valence-corrected chi connectivity index (χ4v) is 2.09. The van der Waals surface area contributed by atoms with Gasteiger partial charge in [0, 0.05) is 10.9 Å². The minimum Gasteiger partial charge on any atom is -0.497 e. The first kappa shape index (κ1) is 11.5. The van der Waals surface area contributed by atoms with Crippen molar-refractivity contribution in [2.75, 3.05) is 7.11 Å². The van der Waals surface area contributed by atoms with E-state index in [4.69, 9.17) is 4.74 Å². The van der Waals surface area contributed by atoms with Crippen LogP contribution in [0.4, 0.5) is 0 Å². The van der Waals surface area contributed by atoms with E-state index >= 15 is 0 Å². The molecule has 0 saturated heterocycles. The highest BCUT2D eigenvalue weighted by Gasteiger charge is 2.06. The van der Waals surface area contributed by atoms with E-state index in [2.05, 4.69) is 4.98 Å². The molecule has 94 valence electrons. The van der Waals surface area contributed by atoms with Gasteiger partial charge in [-0.15, -0.1) is 0 Å². The van der Waals surface area contributed by atoms with Gasteiger partial charge in [0.2, 0.25) is 5.88 Å². The maximum absolute atomic E-state index is 9.98. The molecule has 0 amide bonds. The summed E-state index contributed by atoms with van der Waals surface area (Å²) in [6, 6.07) is 17.2. The average Bonchev–Trinajstić information content (AvgIpc) is 2.47. The van der Waals surface area contributed by atoms with E-state index in [1.54, 1.807) is 7.11 Å². The standard InChI is InChI=1S/C16H13NO2/c1-19-13-8-6-11(7-9-13)15-10-12-4-2-3-5-14(12)16(18)17-15/h2-10H,1H3,(H,17,18). The van der Waals surface area contributed by atoms with E-state index in [-0.39, 0.29) is 5.88 Å². The van der Waals surface area contributed by atoms with Crippen LogP contribution in [0.15, 0.2) is 54.6 Å². The summed E-state index contributed by atoms with van der Waals surface area (Å²) in [5.41, 5.74) is 1.70. The molecule has 1 heterocycles. The topological polar surface area (TPSA) is 42.4 Å². The van der Waals surface area contributed by atoms with Crippen molar-refractivity contribution in [1.29, 1.82) is 0 Å². The number of rotatable bonds is 2. The van der Waals surface area contributed by atoms with Crippen LogP contribution >= 0.6 is 0 Å². The summed E-state index contributed by atoms with van der Waals surface area (Å²) in [7, 11) is 1.63. The third-order valence-corrected chi connectivity index (χ3v) is 3.11. The number of aromatic nitrogens is 1. The predicted octanol–water partition coefficient (Wildman–Crippen LogP) is 3.62. The molecule has 3 nitrogen and oxygen atoms in total. The van der Waals surface area contributed by atoms with Crippen LogP contribution in [0.3, 0.4) is 0 Å². The van der Waals surface area contributed by atoms with Crippen molar-refractivity contribution in [3.8, 4) is 22.9 Å². The molecule has 0 saturated carbocycles. The number of benzene rings is 2. The largest absolute Gasteiger partial charge is 0.497 e. The maximum atomic E-state index is 9.98. The zero-order chi connectivity index (χ0) is 13.2. The van der Waals surface area contributed by atoms with Gasteiger partial charge < -0.3 is 9.84 Å². The summed E-state index contributed by atoms with van der Waals surface area (Å²) >= 11 is 0. The van der Waals surface area contributed by atoms with Crippen LogP contribution in [0.25, 0.3) is 22.0 Å². The molecule has 0 aliphatic carbocycles. The van der Waals surface area contributed by atoms with Gasteiger partial charge in [0.1, 0.15) is 5.75 Å². The van der Waals surface area contributed by atoms with Crippen LogP contribution in [0, 0.1) is 0 Å². The molecule has 0 spiro atoms. The molecule has 3 heteroatoms. The number of hydrogen-bond acceptors (Lipinski definition) is 3. The monoisotopic (exact) mass is 251 g/mol. The van der Waals surface area contributed by atoms with E-state index in [0.717, 1.165) is 27.8 Å². The van der Waals surface area contributed by atoms with Crippen molar-refractivity contribution in [1.82, 2.24) is 4.98 Å². The highest BCUT2D eigenvalue weighted by Crippen LogP contribution is 2.28. The lowest BCUT2D eigenvalue weighted by molar-refractivity contribution is 0.415. The van der Waals surface area contributed by atoms with Gasteiger partial charge in [-0.3, -0.25) is 0 Å². The molecule has 0 aliphatic rings. The van der Waals surface area contributed by atoms with Gasteiger partial charge in [0.05, 0.1) is 12.8 Å². The van der Waals surface area contributed by atoms with Crippen LogP contribution in [0.2, 0.25) is 0 Å². The second-order valence-corrected chi connectivity index (χ2v) is 4.28. The number of fused-ring (bicyclic) bond motifs is 1. The Labute approximate surface area is 111 Å². The lowest BCUT2D eigenvalue weighted by Gasteiger charge is -2.06. The summed E-state index contributed by atoms with van der Waals surface area (Å²) in [6.07, 6.45) is 0. The van der Waals surface area contributed by atoms with Crippen molar-refractivity contribution < 1.29 is 9.84 Å². The highest BCUT2D eigenvalue weighted by atomic mass is 16.5. The summed E-state index contributed by atoms with van der Waals surface area (Å²) < 4.78 is 5.13. The van der Waals surface area contributed by atoms with Gasteiger partial charge in [-0.05, 0) is 41.8 Å². The van der Waals surface area contributed by atoms with E-state index < -0.39 is 0 Å². The highest BCUT2D eigenvalue weighted by molar-refractivity contribution is 5.89. The number of aromatic hydroxyl groups is 1. The Kier molecular flexibility index (Phi) is 2.80. The normalized spacial score (nSPS) is 10.6. The Balaban J connectivity index is 2.14. The summed E-state index contributed by atoms with van der Waals surface area (Å²) in [6.45, 7) is 0. The molecule has 1 aromatic heterocycles. The fraction of sp³-hybridized carbons (Fsp3) is 0.0625. The molecule has 0 aliphatic heterocycles. The Bertz CT molecular complexity index is 720. The minimum absolute atomic E-state index is 0.0592. The molecule has 3 aromatic rings. The summed E-state index contributed by atoms with van der Waals surface area (Å²) in [5.74, 6) is 0.859. The first-order valence-corrected chi connectivity index (χ1v) is 6.01. The van der Waals surface area contributed by atoms with Crippen molar-refractivity contribution in [3.05, 3.63) is 54.6 Å². The van der Waals surface area contributed by atoms with E-state index in [0.29, 0.717) is 0 Å². The Hall–Kier alpha value is -2.55. The molecule has 0 bridgehead atoms. The van der Waals surface area contributed by atoms with E-state index in [1.165, 1.54) is 0 Å². The smallest absolute Gasteiger partial charge is 0.219 e. The number of nitrogens with zero attached hydrogens (tertiary/aromatic N) is 1. The molecule has 0 fully saturated rings. The zero-order valence-corrected chi connectivity index (χ0v) is 10.5. The van der Waals surface area contributed by atoms with Gasteiger partial charge in [0.15, 0.2) is 0 Å². The van der Waals surface area contributed by atoms with Gasteiger partial charge in [-0.2, -0.15) is 0 Å². The van der Waals surface area contributed by atoms with Crippen LogP contribution in [0.1, 0.15) is 0 Å². The predicted molar refractivity (Wildman–Crippen MR) is 75.4 cm³/mol. The second-order valence-electron chi connectivity index (χ2n) is 4.28. The minimum atomic E-state index is 0.0592. The number of methoxy groups -OCH3 is 1. The molecule has 0 radical (unpaired) electrons. The lowest BCUT2D eigenvalue weighted by atomic mass is 10.1. The molecular weight excluding hydrogens is 238 g/mol. The van der Waals surface area contributed by atoms with Crippen LogP contribution in [-0.2, 0) is 0 Å². The molecular formula is C16H13NO2. The SMILES string of the molecule is COc1ccc(-c2cc3ccccc3c(O)n2)cc1. The Morgan fingerprint density at radius 1 is 1.00 bits per heavy atom. The van der Waals surface area contributed by atoms with Gasteiger partial charge >= 0.3 is 0 Å². The first-order chi connectivity index (χ1) is 9.28. The lowest BCUT2D eigenvalue weighted by Crippen LogP contribution is -1.87. The van der Waals surface area contributed by atoms with Crippen molar-refractivity contribution in [2.45, 2.75) is 0 Å². The van der Waals surface area contributed by atoms with Crippen LogP contribution in [0.5, 0.6) is 11.6 Å². The van der Waals surface area contributed by atoms with Crippen LogP contribution in [-0.4, -0.2) is 17.2 Å². The molecule has 2 aromatic carbocycles. The molecule has 19 heavy (non-hydrogen) atoms. The van der Waals surface area contributed by atoms with Crippen LogP contribution < -0.4 is 4.74 Å². The molecule has 1 N–H and O–H groups in total. The Morgan fingerprint density at radius 2 is 1.74 bits per heavy atom. The number of pyridine rings is 1. The van der Waals surface area contributed by atoms with Gasteiger partial charge in [-0.1, -0.05) is 18.2 Å². The number of hydrogen-bond donors (Lipinski definition) is 1. The Morgan fingerprint density at radius 3 is 2.47 bits per heavy atom. The van der Waals surface area contributed by atoms with Gasteiger partial charge in [0.25, 0.3) is 0 Å². The van der Waals surface area contributed by atoms with Crippen molar-refractivity contribution in [2.24, 2.45) is 0 Å². The number of ether oxygens (including phenoxy) is 1. The maximum Gasteiger partial charge on any atom is 0.219 e. The summed E-state index contributed by atoms with van der Waals surface area (Å²) in [5, 5.41) is 11.7. The zero-order valence-electron chi connectivity index (χ0n) is 10.5. The van der Waals surface area contributed by atoms with E-state index in [1.807, 2.05) is 54.6 Å². The van der Waals surface area contributed by atoms with Crippen molar-refractivity contribution in [3.63, 3.8) is 0 Å².